The number of benzene rings is 1. The zero-order valence-corrected chi connectivity index (χ0v) is 12.5. The van der Waals surface area contributed by atoms with Crippen molar-refractivity contribution < 1.29 is 19.4 Å². The van der Waals surface area contributed by atoms with Crippen molar-refractivity contribution in [3.05, 3.63) is 45.6 Å². The first-order chi connectivity index (χ1) is 10.1. The van der Waals surface area contributed by atoms with E-state index in [0.29, 0.717) is 19.0 Å². The zero-order valence-electron chi connectivity index (χ0n) is 11.7. The molecule has 1 N–H and O–H groups in total. The van der Waals surface area contributed by atoms with Crippen LogP contribution in [0.5, 0.6) is 11.5 Å². The fourth-order valence-corrected chi connectivity index (χ4v) is 3.32. The van der Waals surface area contributed by atoms with Crippen LogP contribution in [-0.4, -0.2) is 24.3 Å². The van der Waals surface area contributed by atoms with Crippen LogP contribution in [0.3, 0.4) is 0 Å². The van der Waals surface area contributed by atoms with Gasteiger partial charge in [0.25, 0.3) is 0 Å². The lowest BCUT2D eigenvalue weighted by atomic mass is 9.94. The summed E-state index contributed by atoms with van der Waals surface area (Å²) in [6.45, 7) is 3.02. The highest BCUT2D eigenvalue weighted by molar-refractivity contribution is 7.14. The number of carboxylic acid groups (broad SMARTS) is 1. The molecule has 1 aliphatic rings. The van der Waals surface area contributed by atoms with Gasteiger partial charge in [0.05, 0.1) is 13.2 Å². The van der Waals surface area contributed by atoms with Crippen LogP contribution in [0.2, 0.25) is 0 Å². The van der Waals surface area contributed by atoms with E-state index in [-0.39, 0.29) is 10.8 Å². The van der Waals surface area contributed by atoms with E-state index < -0.39 is 5.97 Å². The number of fused-ring (bicyclic) bond motifs is 1. The van der Waals surface area contributed by atoms with Crippen molar-refractivity contribution >= 4 is 17.3 Å². The van der Waals surface area contributed by atoms with Gasteiger partial charge in [-0.1, -0.05) is 18.2 Å². The third-order valence-corrected chi connectivity index (χ3v) is 4.56. The Morgan fingerprint density at radius 3 is 3.10 bits per heavy atom. The molecule has 0 bridgehead atoms. The van der Waals surface area contributed by atoms with E-state index in [4.69, 9.17) is 9.47 Å². The Labute approximate surface area is 126 Å². The number of para-hydroxylation sites is 1. The minimum atomic E-state index is -0.935. The summed E-state index contributed by atoms with van der Waals surface area (Å²) in [4.78, 5) is 12.4. The summed E-state index contributed by atoms with van der Waals surface area (Å²) in [7, 11) is 0. The first-order valence-corrected chi connectivity index (χ1v) is 7.65. The Morgan fingerprint density at radius 2 is 2.29 bits per heavy atom. The normalized spacial score (nSPS) is 16.9. The van der Waals surface area contributed by atoms with Gasteiger partial charge in [-0.15, -0.1) is 11.3 Å². The molecule has 21 heavy (non-hydrogen) atoms. The average Bonchev–Trinajstić information content (AvgIpc) is 2.86. The summed E-state index contributed by atoms with van der Waals surface area (Å²) in [5.41, 5.74) is 1.13. The van der Waals surface area contributed by atoms with E-state index in [1.54, 1.807) is 6.07 Å². The van der Waals surface area contributed by atoms with Crippen molar-refractivity contribution in [3.63, 3.8) is 0 Å². The van der Waals surface area contributed by atoms with Crippen LogP contribution in [-0.2, 0) is 0 Å². The van der Waals surface area contributed by atoms with Crippen molar-refractivity contribution in [2.75, 3.05) is 13.2 Å². The standard InChI is InChI=1S/C16H16O4S/c1-10-8-14(15(21-10)16(17)18)20-9-11-6-7-19-13-5-3-2-4-12(11)13/h2-5,8,11H,6-7,9H2,1H3,(H,17,18). The van der Waals surface area contributed by atoms with Crippen molar-refractivity contribution in [3.8, 4) is 11.5 Å². The molecule has 0 aliphatic carbocycles. The molecule has 1 unspecified atom stereocenters. The number of carbonyl (C=O) groups is 1. The highest BCUT2D eigenvalue weighted by Crippen LogP contribution is 2.35. The summed E-state index contributed by atoms with van der Waals surface area (Å²) in [5, 5.41) is 9.18. The topological polar surface area (TPSA) is 55.8 Å². The predicted molar refractivity (Wildman–Crippen MR) is 80.8 cm³/mol. The molecule has 1 atom stereocenters. The molecule has 1 aliphatic heterocycles. The van der Waals surface area contributed by atoms with Crippen molar-refractivity contribution in [1.82, 2.24) is 0 Å². The quantitative estimate of drug-likeness (QED) is 0.935. The molecule has 0 spiro atoms. The van der Waals surface area contributed by atoms with E-state index >= 15 is 0 Å². The first-order valence-electron chi connectivity index (χ1n) is 6.83. The molecule has 0 radical (unpaired) electrons. The van der Waals surface area contributed by atoms with Crippen molar-refractivity contribution in [2.24, 2.45) is 0 Å². The summed E-state index contributed by atoms with van der Waals surface area (Å²) in [5.74, 6) is 0.665. The second-order valence-electron chi connectivity index (χ2n) is 5.04. The van der Waals surface area contributed by atoms with Crippen molar-refractivity contribution in [2.45, 2.75) is 19.3 Å². The molecule has 1 aromatic carbocycles. The third-order valence-electron chi connectivity index (χ3n) is 3.54. The van der Waals surface area contributed by atoms with E-state index in [0.717, 1.165) is 22.6 Å². The molecule has 0 saturated carbocycles. The lowest BCUT2D eigenvalue weighted by molar-refractivity contribution is 0.0697. The molecule has 110 valence electrons. The number of aryl methyl sites for hydroxylation is 1. The van der Waals surface area contributed by atoms with Gasteiger partial charge >= 0.3 is 5.97 Å². The molecule has 2 heterocycles. The van der Waals surface area contributed by atoms with Gasteiger partial charge in [-0.3, -0.25) is 0 Å². The number of carboxylic acids is 1. The molecule has 0 fully saturated rings. The second-order valence-corrected chi connectivity index (χ2v) is 6.29. The lowest BCUT2D eigenvalue weighted by Gasteiger charge is -2.25. The van der Waals surface area contributed by atoms with Crippen LogP contribution in [0.25, 0.3) is 0 Å². The Bertz CT molecular complexity index is 662. The maximum Gasteiger partial charge on any atom is 0.349 e. The largest absolute Gasteiger partial charge is 0.493 e. The van der Waals surface area contributed by atoms with Crippen LogP contribution < -0.4 is 9.47 Å². The van der Waals surface area contributed by atoms with E-state index in [1.807, 2.05) is 31.2 Å². The van der Waals surface area contributed by atoms with Crippen LogP contribution >= 0.6 is 11.3 Å². The number of thiophene rings is 1. The third kappa shape index (κ3) is 2.88. The molecule has 2 aromatic rings. The summed E-state index contributed by atoms with van der Waals surface area (Å²) in [6, 6.07) is 9.72. The maximum absolute atomic E-state index is 11.2. The van der Waals surface area contributed by atoms with Crippen LogP contribution in [0.1, 0.15) is 32.5 Å². The monoisotopic (exact) mass is 304 g/mol. The minimum Gasteiger partial charge on any atom is -0.493 e. The Morgan fingerprint density at radius 1 is 1.48 bits per heavy atom. The summed E-state index contributed by atoms with van der Waals surface area (Å²) < 4.78 is 11.4. The van der Waals surface area contributed by atoms with E-state index in [9.17, 15) is 9.90 Å². The molecule has 3 rings (SSSR count). The van der Waals surface area contributed by atoms with Crippen LogP contribution in [0.15, 0.2) is 30.3 Å². The summed E-state index contributed by atoms with van der Waals surface area (Å²) >= 11 is 1.25. The highest BCUT2D eigenvalue weighted by Gasteiger charge is 2.23. The lowest BCUT2D eigenvalue weighted by Crippen LogP contribution is -2.19. The van der Waals surface area contributed by atoms with Gasteiger partial charge in [0, 0.05) is 16.4 Å². The molecular formula is C16H16O4S. The molecule has 4 nitrogen and oxygen atoms in total. The van der Waals surface area contributed by atoms with Gasteiger partial charge < -0.3 is 14.6 Å². The Balaban J connectivity index is 1.76. The zero-order chi connectivity index (χ0) is 14.8. The van der Waals surface area contributed by atoms with Gasteiger partial charge in [0.1, 0.15) is 11.5 Å². The summed E-state index contributed by atoms with van der Waals surface area (Å²) in [6.07, 6.45) is 0.878. The Kier molecular flexibility index (Phi) is 3.84. The molecular weight excluding hydrogens is 288 g/mol. The first kappa shape index (κ1) is 13.9. The maximum atomic E-state index is 11.2. The fraction of sp³-hybridized carbons (Fsp3) is 0.312. The van der Waals surface area contributed by atoms with E-state index in [1.165, 1.54) is 11.3 Å². The number of aromatic carboxylic acids is 1. The SMILES string of the molecule is Cc1cc(OCC2CCOc3ccccc32)c(C(=O)O)s1. The number of hydrogen-bond donors (Lipinski definition) is 1. The Hall–Kier alpha value is -2.01. The molecule has 0 amide bonds. The van der Waals surface area contributed by atoms with Gasteiger partial charge in [-0.2, -0.15) is 0 Å². The number of rotatable bonds is 4. The van der Waals surface area contributed by atoms with Gasteiger partial charge in [0.2, 0.25) is 0 Å². The fourth-order valence-electron chi connectivity index (χ4n) is 2.53. The number of hydrogen-bond acceptors (Lipinski definition) is 4. The number of ether oxygens (including phenoxy) is 2. The van der Waals surface area contributed by atoms with E-state index in [2.05, 4.69) is 0 Å². The van der Waals surface area contributed by atoms with Crippen molar-refractivity contribution in [1.29, 1.82) is 0 Å². The molecule has 0 saturated heterocycles. The smallest absolute Gasteiger partial charge is 0.349 e. The van der Waals surface area contributed by atoms with Gasteiger partial charge in [-0.25, -0.2) is 4.79 Å². The van der Waals surface area contributed by atoms with Gasteiger partial charge in [0.15, 0.2) is 4.88 Å². The minimum absolute atomic E-state index is 0.233. The average molecular weight is 304 g/mol. The predicted octanol–water partition coefficient (Wildman–Crippen LogP) is 3.70. The van der Waals surface area contributed by atoms with Crippen LogP contribution in [0.4, 0.5) is 0 Å². The van der Waals surface area contributed by atoms with Crippen LogP contribution in [0, 0.1) is 6.92 Å². The molecule has 5 heteroatoms. The second kappa shape index (κ2) is 5.77. The molecule has 1 aromatic heterocycles. The highest BCUT2D eigenvalue weighted by atomic mass is 32.1. The van der Waals surface area contributed by atoms with Gasteiger partial charge in [-0.05, 0) is 25.5 Å².